The molecule has 26 heavy (non-hydrogen) atoms. The molecule has 0 unspecified atom stereocenters. The molecular formula is C22H20N2O2. The average Bonchev–Trinajstić information content (AvgIpc) is 3.00. The zero-order valence-electron chi connectivity index (χ0n) is 14.6. The first-order chi connectivity index (χ1) is 12.7. The Morgan fingerprint density at radius 1 is 0.923 bits per heavy atom. The van der Waals surface area contributed by atoms with Crippen LogP contribution in [0, 0.1) is 0 Å². The summed E-state index contributed by atoms with van der Waals surface area (Å²) in [6, 6.07) is 23.8. The molecule has 0 aliphatic rings. The van der Waals surface area contributed by atoms with Crippen LogP contribution in [0.4, 0.5) is 5.69 Å². The number of rotatable bonds is 5. The maximum Gasteiger partial charge on any atom is 0.238 e. The number of fused-ring (bicyclic) bond motifs is 3. The number of furan rings is 1. The Hall–Kier alpha value is -3.11. The lowest BCUT2D eigenvalue weighted by Gasteiger charge is -2.16. The molecule has 1 aromatic heterocycles. The van der Waals surface area contributed by atoms with Gasteiger partial charge in [-0.1, -0.05) is 48.5 Å². The van der Waals surface area contributed by atoms with Crippen molar-refractivity contribution in [2.75, 3.05) is 18.9 Å². The first-order valence-corrected chi connectivity index (χ1v) is 8.63. The highest BCUT2D eigenvalue weighted by Gasteiger charge is 2.10. The molecule has 1 N–H and O–H groups in total. The minimum absolute atomic E-state index is 0.0427. The van der Waals surface area contributed by atoms with E-state index in [0.717, 1.165) is 34.2 Å². The first-order valence-electron chi connectivity index (χ1n) is 8.63. The molecule has 0 aliphatic heterocycles. The molecule has 1 amide bonds. The van der Waals surface area contributed by atoms with E-state index in [1.165, 1.54) is 5.56 Å². The SMILES string of the molecule is CN(CC(=O)Nc1ccc2c(c1)oc1ccccc12)Cc1ccccc1. The Kier molecular flexibility index (Phi) is 4.42. The van der Waals surface area contributed by atoms with E-state index in [1.807, 2.05) is 72.6 Å². The fraction of sp³-hybridized carbons (Fsp3) is 0.136. The van der Waals surface area contributed by atoms with Gasteiger partial charge in [-0.05, 0) is 30.8 Å². The molecule has 0 fully saturated rings. The molecular weight excluding hydrogens is 324 g/mol. The smallest absolute Gasteiger partial charge is 0.238 e. The average molecular weight is 344 g/mol. The molecule has 0 radical (unpaired) electrons. The first kappa shape index (κ1) is 16.4. The van der Waals surface area contributed by atoms with Gasteiger partial charge >= 0.3 is 0 Å². The van der Waals surface area contributed by atoms with Crippen molar-refractivity contribution >= 4 is 33.5 Å². The van der Waals surface area contributed by atoms with E-state index >= 15 is 0 Å². The van der Waals surface area contributed by atoms with Gasteiger partial charge in [0.1, 0.15) is 11.2 Å². The number of carbonyl (C=O) groups is 1. The molecule has 4 rings (SSSR count). The normalized spacial score (nSPS) is 11.3. The van der Waals surface area contributed by atoms with Crippen molar-refractivity contribution in [1.29, 1.82) is 0 Å². The number of benzene rings is 3. The number of anilines is 1. The van der Waals surface area contributed by atoms with Crippen LogP contribution >= 0.6 is 0 Å². The van der Waals surface area contributed by atoms with E-state index in [2.05, 4.69) is 17.4 Å². The van der Waals surface area contributed by atoms with Crippen LogP contribution in [0.15, 0.2) is 77.2 Å². The van der Waals surface area contributed by atoms with Crippen LogP contribution in [0.5, 0.6) is 0 Å². The number of hydrogen-bond acceptors (Lipinski definition) is 3. The topological polar surface area (TPSA) is 45.5 Å². The molecule has 4 heteroatoms. The van der Waals surface area contributed by atoms with Crippen molar-refractivity contribution in [2.45, 2.75) is 6.54 Å². The minimum Gasteiger partial charge on any atom is -0.456 e. The van der Waals surface area contributed by atoms with E-state index in [0.29, 0.717) is 6.54 Å². The van der Waals surface area contributed by atoms with E-state index in [9.17, 15) is 4.79 Å². The van der Waals surface area contributed by atoms with Crippen LogP contribution in [0.25, 0.3) is 21.9 Å². The second kappa shape index (κ2) is 7.02. The number of carbonyl (C=O) groups excluding carboxylic acids is 1. The fourth-order valence-electron chi connectivity index (χ4n) is 3.20. The molecule has 4 nitrogen and oxygen atoms in total. The van der Waals surface area contributed by atoms with Gasteiger partial charge in [0, 0.05) is 29.1 Å². The summed E-state index contributed by atoms with van der Waals surface area (Å²) in [6.45, 7) is 1.06. The summed E-state index contributed by atoms with van der Waals surface area (Å²) >= 11 is 0. The molecule has 0 saturated heterocycles. The molecule has 0 bridgehead atoms. The highest BCUT2D eigenvalue weighted by atomic mass is 16.3. The Balaban J connectivity index is 1.44. The summed E-state index contributed by atoms with van der Waals surface area (Å²) in [4.78, 5) is 14.3. The maximum absolute atomic E-state index is 12.3. The summed E-state index contributed by atoms with van der Waals surface area (Å²) in [5, 5.41) is 5.10. The van der Waals surface area contributed by atoms with Gasteiger partial charge in [-0.25, -0.2) is 0 Å². The highest BCUT2D eigenvalue weighted by molar-refractivity contribution is 6.06. The van der Waals surface area contributed by atoms with Crippen LogP contribution in [0.2, 0.25) is 0 Å². The molecule has 1 heterocycles. The number of amides is 1. The molecule has 130 valence electrons. The van der Waals surface area contributed by atoms with Gasteiger partial charge in [0.05, 0.1) is 6.54 Å². The van der Waals surface area contributed by atoms with Crippen LogP contribution in [0.3, 0.4) is 0 Å². The fourth-order valence-corrected chi connectivity index (χ4v) is 3.20. The lowest BCUT2D eigenvalue weighted by Crippen LogP contribution is -2.29. The summed E-state index contributed by atoms with van der Waals surface area (Å²) < 4.78 is 5.87. The van der Waals surface area contributed by atoms with Gasteiger partial charge in [0.25, 0.3) is 0 Å². The largest absolute Gasteiger partial charge is 0.456 e. The number of nitrogens with zero attached hydrogens (tertiary/aromatic N) is 1. The van der Waals surface area contributed by atoms with Gasteiger partial charge in [-0.15, -0.1) is 0 Å². The van der Waals surface area contributed by atoms with Crippen molar-refractivity contribution in [3.63, 3.8) is 0 Å². The van der Waals surface area contributed by atoms with Crippen molar-refractivity contribution in [3.8, 4) is 0 Å². The quantitative estimate of drug-likeness (QED) is 0.573. The monoisotopic (exact) mass is 344 g/mol. The number of hydrogen-bond donors (Lipinski definition) is 1. The molecule has 0 aliphatic carbocycles. The Labute approximate surface area is 152 Å². The van der Waals surface area contributed by atoms with Crippen molar-refractivity contribution in [1.82, 2.24) is 4.90 Å². The standard InChI is InChI=1S/C22H20N2O2/c1-24(14-16-7-3-2-4-8-16)15-22(25)23-17-11-12-19-18-9-5-6-10-20(18)26-21(19)13-17/h2-13H,14-15H2,1H3,(H,23,25). The molecule has 0 spiro atoms. The van der Waals surface area contributed by atoms with Gasteiger partial charge in [0.15, 0.2) is 0 Å². The summed E-state index contributed by atoms with van der Waals surface area (Å²) in [5.41, 5.74) is 3.57. The summed E-state index contributed by atoms with van der Waals surface area (Å²) in [7, 11) is 1.94. The third-order valence-corrected chi connectivity index (χ3v) is 4.37. The van der Waals surface area contributed by atoms with E-state index < -0.39 is 0 Å². The third-order valence-electron chi connectivity index (χ3n) is 4.37. The van der Waals surface area contributed by atoms with Crippen molar-refractivity contribution in [2.24, 2.45) is 0 Å². The lowest BCUT2D eigenvalue weighted by molar-refractivity contribution is -0.117. The Bertz CT molecular complexity index is 1050. The van der Waals surface area contributed by atoms with Gasteiger partial charge in [-0.3, -0.25) is 9.69 Å². The predicted octanol–water partition coefficient (Wildman–Crippen LogP) is 4.66. The predicted molar refractivity (Wildman–Crippen MR) is 105 cm³/mol. The second-order valence-corrected chi connectivity index (χ2v) is 6.52. The number of nitrogens with one attached hydrogen (secondary N) is 1. The summed E-state index contributed by atoms with van der Waals surface area (Å²) in [5.74, 6) is -0.0427. The zero-order valence-corrected chi connectivity index (χ0v) is 14.6. The molecule has 3 aromatic carbocycles. The van der Waals surface area contributed by atoms with Crippen LogP contribution in [0.1, 0.15) is 5.56 Å². The van der Waals surface area contributed by atoms with E-state index in [1.54, 1.807) is 0 Å². The zero-order chi connectivity index (χ0) is 17.9. The van der Waals surface area contributed by atoms with Crippen LogP contribution < -0.4 is 5.32 Å². The third kappa shape index (κ3) is 3.46. The Morgan fingerprint density at radius 2 is 1.65 bits per heavy atom. The summed E-state index contributed by atoms with van der Waals surface area (Å²) in [6.07, 6.45) is 0. The van der Waals surface area contributed by atoms with Crippen molar-refractivity contribution < 1.29 is 9.21 Å². The van der Waals surface area contributed by atoms with Crippen molar-refractivity contribution in [3.05, 3.63) is 78.4 Å². The number of para-hydroxylation sites is 1. The van der Waals surface area contributed by atoms with E-state index in [-0.39, 0.29) is 5.91 Å². The molecule has 4 aromatic rings. The van der Waals surface area contributed by atoms with Gasteiger partial charge in [0.2, 0.25) is 5.91 Å². The number of likely N-dealkylation sites (N-methyl/N-ethyl adjacent to an activating group) is 1. The molecule has 0 saturated carbocycles. The highest BCUT2D eigenvalue weighted by Crippen LogP contribution is 2.30. The van der Waals surface area contributed by atoms with Crippen LogP contribution in [-0.2, 0) is 11.3 Å². The van der Waals surface area contributed by atoms with Gasteiger partial charge < -0.3 is 9.73 Å². The minimum atomic E-state index is -0.0427. The molecule has 0 atom stereocenters. The van der Waals surface area contributed by atoms with Crippen LogP contribution in [-0.4, -0.2) is 24.4 Å². The maximum atomic E-state index is 12.3. The lowest BCUT2D eigenvalue weighted by atomic mass is 10.1. The van der Waals surface area contributed by atoms with E-state index in [4.69, 9.17) is 4.42 Å². The van der Waals surface area contributed by atoms with Gasteiger partial charge in [-0.2, -0.15) is 0 Å². The Morgan fingerprint density at radius 3 is 2.50 bits per heavy atom. The second-order valence-electron chi connectivity index (χ2n) is 6.52.